The zero-order chi connectivity index (χ0) is 14.7. The molecule has 0 spiro atoms. The molecular formula is C13H9FN6O. The van der Waals surface area contributed by atoms with E-state index in [1.54, 1.807) is 24.3 Å². The second-order valence-corrected chi connectivity index (χ2v) is 4.10. The Morgan fingerprint density at radius 2 is 2.14 bits per heavy atom. The number of aromatic nitrogens is 5. The van der Waals surface area contributed by atoms with Crippen molar-refractivity contribution in [1.29, 1.82) is 0 Å². The van der Waals surface area contributed by atoms with Gasteiger partial charge in [0.1, 0.15) is 6.33 Å². The minimum atomic E-state index is -0.813. The smallest absolute Gasteiger partial charge is 0.260 e. The monoisotopic (exact) mass is 284 g/mol. The number of hydrogen-bond acceptors (Lipinski definition) is 5. The van der Waals surface area contributed by atoms with Crippen LogP contribution >= 0.6 is 0 Å². The Morgan fingerprint density at radius 1 is 1.24 bits per heavy atom. The summed E-state index contributed by atoms with van der Waals surface area (Å²) in [6.07, 6.45) is 2.71. The number of nitrogens with zero attached hydrogens (tertiary/aromatic N) is 5. The van der Waals surface area contributed by atoms with Gasteiger partial charge in [0.25, 0.3) is 5.91 Å². The first-order valence-corrected chi connectivity index (χ1v) is 5.99. The van der Waals surface area contributed by atoms with E-state index in [1.165, 1.54) is 29.3 Å². The van der Waals surface area contributed by atoms with Gasteiger partial charge in [-0.1, -0.05) is 6.07 Å². The van der Waals surface area contributed by atoms with Gasteiger partial charge in [-0.3, -0.25) is 4.79 Å². The van der Waals surface area contributed by atoms with Gasteiger partial charge in [-0.05, 0) is 40.8 Å². The molecule has 0 unspecified atom stereocenters. The summed E-state index contributed by atoms with van der Waals surface area (Å²) in [6.45, 7) is 0. The van der Waals surface area contributed by atoms with Crippen LogP contribution < -0.4 is 5.32 Å². The van der Waals surface area contributed by atoms with Crippen LogP contribution in [0.3, 0.4) is 0 Å². The molecule has 3 aromatic rings. The predicted molar refractivity (Wildman–Crippen MR) is 71.3 cm³/mol. The molecule has 1 amide bonds. The molecule has 1 N–H and O–H groups in total. The molecule has 0 bridgehead atoms. The lowest BCUT2D eigenvalue weighted by atomic mass is 10.2. The van der Waals surface area contributed by atoms with Crippen LogP contribution in [-0.4, -0.2) is 31.1 Å². The highest BCUT2D eigenvalue weighted by molar-refractivity contribution is 6.04. The minimum absolute atomic E-state index is 0.120. The topological polar surface area (TPSA) is 85.6 Å². The predicted octanol–water partition coefficient (Wildman–Crippen LogP) is 1.45. The number of halogens is 1. The number of anilines is 1. The van der Waals surface area contributed by atoms with Crippen molar-refractivity contribution in [3.05, 3.63) is 60.4 Å². The fraction of sp³-hybridized carbons (Fsp3) is 0. The molecule has 0 fully saturated rings. The van der Waals surface area contributed by atoms with Gasteiger partial charge >= 0.3 is 0 Å². The van der Waals surface area contributed by atoms with Gasteiger partial charge < -0.3 is 5.32 Å². The number of benzene rings is 1. The lowest BCUT2D eigenvalue weighted by Gasteiger charge is -2.07. The zero-order valence-electron chi connectivity index (χ0n) is 10.6. The Bertz CT molecular complexity index is 774. The second-order valence-electron chi connectivity index (χ2n) is 4.10. The Hall–Kier alpha value is -3.16. The van der Waals surface area contributed by atoms with Crippen molar-refractivity contribution in [1.82, 2.24) is 25.2 Å². The molecule has 1 aromatic carbocycles. The van der Waals surface area contributed by atoms with Gasteiger partial charge in [0.15, 0.2) is 0 Å². The van der Waals surface area contributed by atoms with E-state index in [1.807, 2.05) is 0 Å². The summed E-state index contributed by atoms with van der Waals surface area (Å²) in [5, 5.41) is 13.4. The Morgan fingerprint density at radius 3 is 2.90 bits per heavy atom. The molecule has 0 saturated heterocycles. The number of carbonyl (C=O) groups excluding carboxylic acids is 1. The van der Waals surface area contributed by atoms with E-state index in [4.69, 9.17) is 0 Å². The minimum Gasteiger partial charge on any atom is -0.322 e. The van der Waals surface area contributed by atoms with E-state index in [0.717, 1.165) is 0 Å². The maximum atomic E-state index is 13.4. The molecule has 7 nitrogen and oxygen atoms in total. The molecule has 8 heteroatoms. The van der Waals surface area contributed by atoms with Gasteiger partial charge in [-0.15, -0.1) is 5.10 Å². The number of pyridine rings is 1. The number of carbonyl (C=O) groups is 1. The highest BCUT2D eigenvalue weighted by atomic mass is 19.1. The number of rotatable bonds is 3. The summed E-state index contributed by atoms with van der Waals surface area (Å²) >= 11 is 0. The van der Waals surface area contributed by atoms with E-state index >= 15 is 0 Å². The molecule has 0 aliphatic carbocycles. The highest BCUT2D eigenvalue weighted by Crippen LogP contribution is 2.15. The van der Waals surface area contributed by atoms with Crippen LogP contribution in [0.5, 0.6) is 0 Å². The van der Waals surface area contributed by atoms with Crippen LogP contribution in [0.15, 0.2) is 48.9 Å². The van der Waals surface area contributed by atoms with Gasteiger partial charge in [-0.2, -0.15) is 4.39 Å². The van der Waals surface area contributed by atoms with Gasteiger partial charge in [0.05, 0.1) is 11.3 Å². The average Bonchev–Trinajstić information content (AvgIpc) is 3.02. The maximum absolute atomic E-state index is 13.4. The maximum Gasteiger partial charge on any atom is 0.260 e. The summed E-state index contributed by atoms with van der Waals surface area (Å²) in [5.74, 6) is -1.39. The zero-order valence-corrected chi connectivity index (χ0v) is 10.6. The van der Waals surface area contributed by atoms with Crippen LogP contribution in [-0.2, 0) is 0 Å². The average molecular weight is 284 g/mol. The summed E-state index contributed by atoms with van der Waals surface area (Å²) in [7, 11) is 0. The molecule has 0 saturated carbocycles. The van der Waals surface area contributed by atoms with Crippen LogP contribution in [0, 0.1) is 5.95 Å². The first-order chi connectivity index (χ1) is 10.2. The van der Waals surface area contributed by atoms with Gasteiger partial charge in [0.2, 0.25) is 5.95 Å². The molecule has 0 aliphatic rings. The van der Waals surface area contributed by atoms with Crippen molar-refractivity contribution >= 4 is 11.6 Å². The summed E-state index contributed by atoms with van der Waals surface area (Å²) < 4.78 is 14.9. The molecule has 21 heavy (non-hydrogen) atoms. The second kappa shape index (κ2) is 5.45. The van der Waals surface area contributed by atoms with Crippen molar-refractivity contribution in [2.75, 3.05) is 5.32 Å². The highest BCUT2D eigenvalue weighted by Gasteiger charge is 2.12. The number of amides is 1. The SMILES string of the molecule is O=C(Nc1cccc(-n2cnnn2)c1)c1cccnc1F. The van der Waals surface area contributed by atoms with Crippen LogP contribution in [0.1, 0.15) is 10.4 Å². The van der Waals surface area contributed by atoms with Crippen molar-refractivity contribution < 1.29 is 9.18 Å². The lowest BCUT2D eigenvalue weighted by molar-refractivity contribution is 0.102. The quantitative estimate of drug-likeness (QED) is 0.736. The number of hydrogen-bond donors (Lipinski definition) is 1. The lowest BCUT2D eigenvalue weighted by Crippen LogP contribution is -2.14. The summed E-state index contributed by atoms with van der Waals surface area (Å²) in [6, 6.07) is 9.71. The standard InChI is InChI=1S/C13H9FN6O/c14-12-11(5-2-6-15-12)13(21)17-9-3-1-4-10(7-9)20-8-16-18-19-20/h1-8H,(H,17,21). The first kappa shape index (κ1) is 12.9. The molecule has 0 radical (unpaired) electrons. The molecule has 0 aliphatic heterocycles. The third-order valence-electron chi connectivity index (χ3n) is 2.72. The van der Waals surface area contributed by atoms with Crippen molar-refractivity contribution in [2.24, 2.45) is 0 Å². The van der Waals surface area contributed by atoms with E-state index in [-0.39, 0.29) is 5.56 Å². The van der Waals surface area contributed by atoms with Gasteiger partial charge in [-0.25, -0.2) is 9.67 Å². The Balaban J connectivity index is 1.84. The molecule has 3 rings (SSSR count). The first-order valence-electron chi connectivity index (χ1n) is 5.99. The van der Waals surface area contributed by atoms with E-state index in [2.05, 4.69) is 25.8 Å². The van der Waals surface area contributed by atoms with E-state index in [9.17, 15) is 9.18 Å². The van der Waals surface area contributed by atoms with Crippen LogP contribution in [0.2, 0.25) is 0 Å². The summed E-state index contributed by atoms with van der Waals surface area (Å²) in [5.41, 5.74) is 1.05. The molecule has 2 aromatic heterocycles. The molecule has 104 valence electrons. The van der Waals surface area contributed by atoms with Crippen LogP contribution in [0.4, 0.5) is 10.1 Å². The van der Waals surface area contributed by atoms with E-state index < -0.39 is 11.9 Å². The normalized spacial score (nSPS) is 10.3. The summed E-state index contributed by atoms with van der Waals surface area (Å²) in [4.78, 5) is 15.4. The number of nitrogens with one attached hydrogen (secondary N) is 1. The fourth-order valence-corrected chi connectivity index (χ4v) is 1.76. The largest absolute Gasteiger partial charge is 0.322 e. The van der Waals surface area contributed by atoms with Crippen molar-refractivity contribution in [3.63, 3.8) is 0 Å². The van der Waals surface area contributed by atoms with E-state index in [0.29, 0.717) is 11.4 Å². The van der Waals surface area contributed by atoms with Crippen LogP contribution in [0.25, 0.3) is 5.69 Å². The third-order valence-corrected chi connectivity index (χ3v) is 2.72. The number of tetrazole rings is 1. The Kier molecular flexibility index (Phi) is 3.34. The van der Waals surface area contributed by atoms with Gasteiger partial charge in [0, 0.05) is 11.9 Å². The van der Waals surface area contributed by atoms with Crippen molar-refractivity contribution in [2.45, 2.75) is 0 Å². The van der Waals surface area contributed by atoms with Crippen molar-refractivity contribution in [3.8, 4) is 5.69 Å². The molecular weight excluding hydrogens is 275 g/mol. The Labute approximate surface area is 118 Å². The third kappa shape index (κ3) is 2.73. The fourth-order valence-electron chi connectivity index (χ4n) is 1.76. The molecule has 0 atom stereocenters. The molecule has 2 heterocycles.